The van der Waals surface area contributed by atoms with E-state index in [-0.39, 0.29) is 18.2 Å². The third kappa shape index (κ3) is 5.37. The fourth-order valence-corrected chi connectivity index (χ4v) is 3.19. The van der Waals surface area contributed by atoms with Crippen LogP contribution in [-0.4, -0.2) is 23.8 Å². The Hall–Kier alpha value is -1.28. The number of carbonyl (C=O) groups is 1. The summed E-state index contributed by atoms with van der Waals surface area (Å²) in [6.45, 7) is 0.0261. The molecular weight excluding hydrogens is 485 g/mol. The number of hydrazone groups is 1. The molecule has 5 nitrogen and oxygen atoms in total. The summed E-state index contributed by atoms with van der Waals surface area (Å²) >= 11 is 18.2. The van der Waals surface area contributed by atoms with Crippen LogP contribution < -0.4 is 10.7 Å². The molecule has 0 aliphatic rings. The number of benzene rings is 2. The Morgan fingerprint density at radius 3 is 2.46 bits per heavy atom. The Kier molecular flexibility index (Phi) is 6.91. The minimum absolute atomic E-state index is 0.0261. The monoisotopic (exact) mass is 493 g/mol. The first kappa shape index (κ1) is 19.1. The zero-order valence-corrected chi connectivity index (χ0v) is 16.7. The Labute approximate surface area is 165 Å². The maximum absolute atomic E-state index is 11.7. The normalized spacial score (nSPS) is 10.8. The number of aromatic hydroxyl groups is 1. The van der Waals surface area contributed by atoms with E-state index in [2.05, 4.69) is 47.7 Å². The van der Waals surface area contributed by atoms with Crippen molar-refractivity contribution >= 4 is 72.9 Å². The number of nitrogens with one attached hydrogen (secondary N) is 2. The number of nitrogens with zero attached hydrogens (tertiary/aromatic N) is 1. The average Bonchev–Trinajstić information content (AvgIpc) is 2.53. The van der Waals surface area contributed by atoms with Gasteiger partial charge in [-0.05, 0) is 67.8 Å². The van der Waals surface area contributed by atoms with E-state index in [4.69, 9.17) is 23.2 Å². The number of hydrogen-bond acceptors (Lipinski definition) is 4. The molecular formula is C15H11Br2Cl2N3O2. The van der Waals surface area contributed by atoms with Gasteiger partial charge in [0, 0.05) is 5.69 Å². The van der Waals surface area contributed by atoms with Gasteiger partial charge in [-0.25, -0.2) is 5.43 Å². The van der Waals surface area contributed by atoms with Gasteiger partial charge in [-0.3, -0.25) is 4.79 Å². The Balaban J connectivity index is 1.87. The van der Waals surface area contributed by atoms with Crippen LogP contribution in [-0.2, 0) is 4.79 Å². The van der Waals surface area contributed by atoms with Gasteiger partial charge in [0.15, 0.2) is 0 Å². The maximum atomic E-state index is 11.7. The molecule has 0 aromatic heterocycles. The predicted octanol–water partition coefficient (Wildman–Crippen LogP) is 4.79. The molecule has 2 rings (SSSR count). The number of phenolic OH excluding ortho intramolecular Hbond substituents is 1. The molecule has 0 bridgehead atoms. The highest BCUT2D eigenvalue weighted by molar-refractivity contribution is 9.11. The summed E-state index contributed by atoms with van der Waals surface area (Å²) in [6.07, 6.45) is 1.46. The molecule has 0 aliphatic heterocycles. The zero-order valence-electron chi connectivity index (χ0n) is 12.0. The summed E-state index contributed by atoms with van der Waals surface area (Å²) in [4.78, 5) is 11.7. The van der Waals surface area contributed by atoms with Crippen LogP contribution in [0.3, 0.4) is 0 Å². The lowest BCUT2D eigenvalue weighted by Crippen LogP contribution is -2.25. The second kappa shape index (κ2) is 8.71. The average molecular weight is 496 g/mol. The number of carbonyl (C=O) groups excluding carboxylic acids is 1. The summed E-state index contributed by atoms with van der Waals surface area (Å²) < 4.78 is 1.04. The smallest absolute Gasteiger partial charge is 0.259 e. The van der Waals surface area contributed by atoms with Crippen LogP contribution in [0.1, 0.15) is 5.56 Å². The summed E-state index contributed by atoms with van der Waals surface area (Å²) in [6, 6.07) is 8.33. The summed E-state index contributed by atoms with van der Waals surface area (Å²) in [5.41, 5.74) is 3.77. The van der Waals surface area contributed by atoms with E-state index in [1.807, 2.05) is 0 Å². The van der Waals surface area contributed by atoms with E-state index in [0.717, 1.165) is 0 Å². The third-order valence-corrected chi connectivity index (χ3v) is 4.76. The van der Waals surface area contributed by atoms with Crippen LogP contribution >= 0.6 is 55.1 Å². The van der Waals surface area contributed by atoms with Gasteiger partial charge >= 0.3 is 0 Å². The van der Waals surface area contributed by atoms with Crippen molar-refractivity contribution in [2.75, 3.05) is 11.9 Å². The van der Waals surface area contributed by atoms with Crippen LogP contribution in [0.2, 0.25) is 10.0 Å². The number of anilines is 1. The van der Waals surface area contributed by atoms with E-state index < -0.39 is 0 Å². The molecule has 2 aromatic rings. The molecule has 1 amide bonds. The van der Waals surface area contributed by atoms with Crippen molar-refractivity contribution in [3.8, 4) is 5.75 Å². The summed E-state index contributed by atoms with van der Waals surface area (Å²) in [5, 5.41) is 17.3. The first-order valence-electron chi connectivity index (χ1n) is 6.55. The lowest BCUT2D eigenvalue weighted by atomic mass is 10.2. The van der Waals surface area contributed by atoms with Crippen LogP contribution in [0.4, 0.5) is 5.69 Å². The van der Waals surface area contributed by atoms with Gasteiger partial charge in [0.1, 0.15) is 5.75 Å². The van der Waals surface area contributed by atoms with E-state index in [0.29, 0.717) is 30.2 Å². The van der Waals surface area contributed by atoms with Crippen LogP contribution in [0.5, 0.6) is 5.75 Å². The van der Waals surface area contributed by atoms with Crippen LogP contribution in [0.25, 0.3) is 0 Å². The van der Waals surface area contributed by atoms with E-state index in [1.54, 1.807) is 30.3 Å². The molecule has 0 radical (unpaired) electrons. The molecule has 0 aliphatic carbocycles. The van der Waals surface area contributed by atoms with Gasteiger partial charge in [-0.1, -0.05) is 23.2 Å². The molecule has 0 atom stereocenters. The predicted molar refractivity (Wildman–Crippen MR) is 104 cm³/mol. The molecule has 9 heteroatoms. The zero-order chi connectivity index (χ0) is 17.7. The van der Waals surface area contributed by atoms with Crippen molar-refractivity contribution < 1.29 is 9.90 Å². The van der Waals surface area contributed by atoms with Gasteiger partial charge in [0.05, 0.1) is 31.8 Å². The minimum atomic E-state index is -0.325. The first-order valence-corrected chi connectivity index (χ1v) is 8.90. The number of hydrogen-bond donors (Lipinski definition) is 3. The van der Waals surface area contributed by atoms with E-state index in [9.17, 15) is 9.90 Å². The second-order valence-electron chi connectivity index (χ2n) is 4.61. The summed E-state index contributed by atoms with van der Waals surface area (Å²) in [7, 11) is 0. The molecule has 3 N–H and O–H groups in total. The van der Waals surface area contributed by atoms with Crippen LogP contribution in [0.15, 0.2) is 44.4 Å². The number of rotatable bonds is 5. The standard InChI is InChI=1S/C15H11Br2Cl2N3O2/c16-10-3-8(4-11(17)15(10)24)6-21-22-14(23)7-20-9-1-2-12(18)13(19)5-9/h1-6,20,24H,7H2,(H,22,23). The third-order valence-electron chi connectivity index (χ3n) is 2.81. The lowest BCUT2D eigenvalue weighted by Gasteiger charge is -2.06. The molecule has 2 aromatic carbocycles. The molecule has 24 heavy (non-hydrogen) atoms. The number of halogens is 4. The Morgan fingerprint density at radius 2 is 1.83 bits per heavy atom. The Morgan fingerprint density at radius 1 is 1.17 bits per heavy atom. The highest BCUT2D eigenvalue weighted by atomic mass is 79.9. The lowest BCUT2D eigenvalue weighted by molar-refractivity contribution is -0.119. The highest BCUT2D eigenvalue weighted by Crippen LogP contribution is 2.32. The maximum Gasteiger partial charge on any atom is 0.259 e. The summed E-state index contributed by atoms with van der Waals surface area (Å²) in [5.74, 6) is -0.226. The van der Waals surface area contributed by atoms with Gasteiger partial charge in [-0.2, -0.15) is 5.10 Å². The van der Waals surface area contributed by atoms with E-state index in [1.165, 1.54) is 6.21 Å². The molecule has 0 heterocycles. The number of amides is 1. The molecule has 0 unspecified atom stereocenters. The topological polar surface area (TPSA) is 73.7 Å². The minimum Gasteiger partial charge on any atom is -0.506 e. The number of phenols is 1. The second-order valence-corrected chi connectivity index (χ2v) is 7.13. The van der Waals surface area contributed by atoms with Gasteiger partial charge in [0.2, 0.25) is 0 Å². The molecule has 0 saturated heterocycles. The fraction of sp³-hybridized carbons (Fsp3) is 0.0667. The van der Waals surface area contributed by atoms with Crippen molar-refractivity contribution in [1.82, 2.24) is 5.43 Å². The molecule has 0 spiro atoms. The van der Waals surface area contributed by atoms with Crippen molar-refractivity contribution in [2.45, 2.75) is 0 Å². The molecule has 0 saturated carbocycles. The molecule has 0 fully saturated rings. The SMILES string of the molecule is O=C(CNc1ccc(Cl)c(Cl)c1)NN=Cc1cc(Br)c(O)c(Br)c1. The van der Waals surface area contributed by atoms with Gasteiger partial charge in [0.25, 0.3) is 5.91 Å². The van der Waals surface area contributed by atoms with Gasteiger partial charge < -0.3 is 10.4 Å². The quantitative estimate of drug-likeness (QED) is 0.412. The van der Waals surface area contributed by atoms with Crippen LogP contribution in [0, 0.1) is 0 Å². The van der Waals surface area contributed by atoms with Crippen molar-refractivity contribution in [2.24, 2.45) is 5.10 Å². The van der Waals surface area contributed by atoms with Crippen molar-refractivity contribution in [3.05, 3.63) is 54.9 Å². The molecule has 126 valence electrons. The van der Waals surface area contributed by atoms with E-state index >= 15 is 0 Å². The first-order chi connectivity index (χ1) is 11.4. The Bertz CT molecular complexity index is 777. The largest absolute Gasteiger partial charge is 0.506 e. The van der Waals surface area contributed by atoms with Crippen molar-refractivity contribution in [1.29, 1.82) is 0 Å². The highest BCUT2D eigenvalue weighted by Gasteiger charge is 2.05. The van der Waals surface area contributed by atoms with Crippen molar-refractivity contribution in [3.63, 3.8) is 0 Å². The fourth-order valence-electron chi connectivity index (χ4n) is 1.67. The van der Waals surface area contributed by atoms with Gasteiger partial charge in [-0.15, -0.1) is 0 Å².